The summed E-state index contributed by atoms with van der Waals surface area (Å²) in [6.45, 7) is 9.17. The Morgan fingerprint density at radius 3 is 2.47 bits per heavy atom. The maximum Gasteiger partial charge on any atom is 0.0950 e. The molecule has 0 saturated heterocycles. The third-order valence-electron chi connectivity index (χ3n) is 2.83. The van der Waals surface area contributed by atoms with Crippen LogP contribution in [0.4, 0.5) is 0 Å². The molecule has 2 nitrogen and oxygen atoms in total. The van der Waals surface area contributed by atoms with E-state index in [1.54, 1.807) is 0 Å². The molecule has 2 heteroatoms. The molecule has 0 aliphatic rings. The van der Waals surface area contributed by atoms with Crippen molar-refractivity contribution >= 4 is 0 Å². The maximum atomic E-state index is 6.03. The highest BCUT2D eigenvalue weighted by molar-refractivity contribution is 5.24. The van der Waals surface area contributed by atoms with Gasteiger partial charge in [0.2, 0.25) is 0 Å². The molecule has 0 aliphatic heterocycles. The molecule has 0 fully saturated rings. The summed E-state index contributed by atoms with van der Waals surface area (Å²) >= 11 is 0. The van der Waals surface area contributed by atoms with Crippen LogP contribution in [0.1, 0.15) is 44.4 Å². The first-order chi connectivity index (χ1) is 8.02. The van der Waals surface area contributed by atoms with Gasteiger partial charge in [0, 0.05) is 6.54 Å². The molecular formula is C15H25NO. The number of hydrogen-bond donors (Lipinski definition) is 1. The van der Waals surface area contributed by atoms with Crippen LogP contribution in [0.5, 0.6) is 0 Å². The first-order valence-corrected chi connectivity index (χ1v) is 6.45. The molecule has 1 rings (SSSR count). The molecule has 2 atom stereocenters. The minimum atomic E-state index is 0.0173. The zero-order valence-corrected chi connectivity index (χ0v) is 11.4. The predicted octanol–water partition coefficient (Wildman–Crippen LogP) is 3.45. The molecule has 0 heterocycles. The van der Waals surface area contributed by atoms with Crippen molar-refractivity contribution in [2.45, 2.75) is 46.3 Å². The Labute approximate surface area is 105 Å². The fourth-order valence-electron chi connectivity index (χ4n) is 2.14. The Morgan fingerprint density at radius 1 is 1.24 bits per heavy atom. The van der Waals surface area contributed by atoms with E-state index in [4.69, 9.17) is 10.5 Å². The number of hydrogen-bond acceptors (Lipinski definition) is 2. The molecule has 0 amide bonds. The van der Waals surface area contributed by atoms with Gasteiger partial charge in [-0.2, -0.15) is 0 Å². The van der Waals surface area contributed by atoms with E-state index in [-0.39, 0.29) is 12.2 Å². The second-order valence-corrected chi connectivity index (χ2v) is 5.21. The molecule has 0 saturated carbocycles. The summed E-state index contributed by atoms with van der Waals surface area (Å²) in [4.78, 5) is 0. The third-order valence-corrected chi connectivity index (χ3v) is 2.83. The van der Waals surface area contributed by atoms with Gasteiger partial charge in [0.15, 0.2) is 0 Å². The van der Waals surface area contributed by atoms with Crippen molar-refractivity contribution in [1.29, 1.82) is 0 Å². The summed E-state index contributed by atoms with van der Waals surface area (Å²) in [5.74, 6) is 0.654. The van der Waals surface area contributed by atoms with Crippen LogP contribution in [-0.2, 0) is 4.74 Å². The number of nitrogens with two attached hydrogens (primary N) is 1. The van der Waals surface area contributed by atoms with Crippen molar-refractivity contribution in [3.8, 4) is 0 Å². The highest BCUT2D eigenvalue weighted by atomic mass is 16.5. The average Bonchev–Trinajstić information content (AvgIpc) is 2.24. The number of benzene rings is 1. The van der Waals surface area contributed by atoms with Gasteiger partial charge in [-0.3, -0.25) is 0 Å². The third kappa shape index (κ3) is 4.88. The first-order valence-electron chi connectivity index (χ1n) is 6.45. The highest BCUT2D eigenvalue weighted by Gasteiger charge is 2.15. The van der Waals surface area contributed by atoms with Gasteiger partial charge in [0.1, 0.15) is 0 Å². The summed E-state index contributed by atoms with van der Waals surface area (Å²) in [5, 5.41) is 0. The van der Waals surface area contributed by atoms with Gasteiger partial charge in [0.25, 0.3) is 0 Å². The van der Waals surface area contributed by atoms with Crippen molar-refractivity contribution in [3.05, 3.63) is 35.4 Å². The normalized spacial score (nSPS) is 14.9. The fraction of sp³-hybridized carbons (Fsp3) is 0.600. The minimum Gasteiger partial charge on any atom is -0.369 e. The van der Waals surface area contributed by atoms with Crippen LogP contribution < -0.4 is 5.73 Å². The SMILES string of the molecule is Cc1cccc(C(CN)OC(C)CC(C)C)c1. The van der Waals surface area contributed by atoms with Crippen molar-refractivity contribution < 1.29 is 4.74 Å². The number of aryl methyl sites for hydroxylation is 1. The summed E-state index contributed by atoms with van der Waals surface area (Å²) in [5.41, 5.74) is 8.24. The Balaban J connectivity index is 2.65. The smallest absolute Gasteiger partial charge is 0.0950 e. The van der Waals surface area contributed by atoms with Crippen LogP contribution in [-0.4, -0.2) is 12.6 Å². The van der Waals surface area contributed by atoms with Crippen LogP contribution in [0.2, 0.25) is 0 Å². The zero-order chi connectivity index (χ0) is 12.8. The molecule has 0 aliphatic carbocycles. The van der Waals surface area contributed by atoms with Gasteiger partial charge in [-0.15, -0.1) is 0 Å². The second-order valence-electron chi connectivity index (χ2n) is 5.21. The van der Waals surface area contributed by atoms with Crippen molar-refractivity contribution in [1.82, 2.24) is 0 Å². The lowest BCUT2D eigenvalue weighted by Crippen LogP contribution is -2.22. The molecule has 2 unspecified atom stereocenters. The van der Waals surface area contributed by atoms with E-state index in [1.807, 2.05) is 0 Å². The van der Waals surface area contributed by atoms with E-state index in [1.165, 1.54) is 11.1 Å². The predicted molar refractivity (Wildman–Crippen MR) is 73.0 cm³/mol. The van der Waals surface area contributed by atoms with Crippen molar-refractivity contribution in [2.75, 3.05) is 6.54 Å². The molecule has 17 heavy (non-hydrogen) atoms. The maximum absolute atomic E-state index is 6.03. The summed E-state index contributed by atoms with van der Waals surface area (Å²) in [6.07, 6.45) is 1.34. The molecule has 96 valence electrons. The van der Waals surface area contributed by atoms with Gasteiger partial charge in [0.05, 0.1) is 12.2 Å². The molecule has 2 N–H and O–H groups in total. The van der Waals surface area contributed by atoms with Gasteiger partial charge in [-0.25, -0.2) is 0 Å². The zero-order valence-electron chi connectivity index (χ0n) is 11.4. The van der Waals surface area contributed by atoms with Gasteiger partial charge < -0.3 is 10.5 Å². The van der Waals surface area contributed by atoms with E-state index in [0.717, 1.165) is 6.42 Å². The molecule has 0 aromatic heterocycles. The lowest BCUT2D eigenvalue weighted by Gasteiger charge is -2.23. The molecule has 1 aromatic rings. The van der Waals surface area contributed by atoms with Crippen LogP contribution >= 0.6 is 0 Å². The lowest BCUT2D eigenvalue weighted by atomic mass is 10.0. The molecule has 0 bridgehead atoms. The molecule has 0 radical (unpaired) electrons. The average molecular weight is 235 g/mol. The van der Waals surface area contributed by atoms with E-state index in [0.29, 0.717) is 12.5 Å². The van der Waals surface area contributed by atoms with E-state index >= 15 is 0 Å². The van der Waals surface area contributed by atoms with E-state index in [2.05, 4.69) is 52.0 Å². The molecule has 0 spiro atoms. The van der Waals surface area contributed by atoms with Gasteiger partial charge in [-0.05, 0) is 31.7 Å². The Bertz CT molecular complexity index is 335. The number of rotatable bonds is 6. The second kappa shape index (κ2) is 6.77. The fourth-order valence-corrected chi connectivity index (χ4v) is 2.14. The minimum absolute atomic E-state index is 0.0173. The lowest BCUT2D eigenvalue weighted by molar-refractivity contribution is -0.00843. The Hall–Kier alpha value is -0.860. The first kappa shape index (κ1) is 14.2. The van der Waals surface area contributed by atoms with Crippen molar-refractivity contribution in [3.63, 3.8) is 0 Å². The van der Waals surface area contributed by atoms with Gasteiger partial charge in [-0.1, -0.05) is 43.7 Å². The Morgan fingerprint density at radius 2 is 1.94 bits per heavy atom. The Kier molecular flexibility index (Phi) is 5.66. The largest absolute Gasteiger partial charge is 0.369 e. The van der Waals surface area contributed by atoms with Crippen LogP contribution in [0, 0.1) is 12.8 Å². The monoisotopic (exact) mass is 235 g/mol. The van der Waals surface area contributed by atoms with Crippen LogP contribution in [0.25, 0.3) is 0 Å². The van der Waals surface area contributed by atoms with Crippen LogP contribution in [0.15, 0.2) is 24.3 Å². The topological polar surface area (TPSA) is 35.2 Å². The quantitative estimate of drug-likeness (QED) is 0.819. The molecule has 1 aromatic carbocycles. The van der Waals surface area contributed by atoms with Crippen LogP contribution in [0.3, 0.4) is 0 Å². The highest BCUT2D eigenvalue weighted by Crippen LogP contribution is 2.21. The standard InChI is InChI=1S/C15H25NO/c1-11(2)8-13(4)17-15(10-16)14-7-5-6-12(3)9-14/h5-7,9,11,13,15H,8,10,16H2,1-4H3. The molecular weight excluding hydrogens is 210 g/mol. The van der Waals surface area contributed by atoms with E-state index in [9.17, 15) is 0 Å². The summed E-state index contributed by atoms with van der Waals surface area (Å²) in [6, 6.07) is 8.39. The number of ether oxygens (including phenoxy) is 1. The van der Waals surface area contributed by atoms with Crippen molar-refractivity contribution in [2.24, 2.45) is 11.7 Å². The van der Waals surface area contributed by atoms with Gasteiger partial charge >= 0.3 is 0 Å². The summed E-state index contributed by atoms with van der Waals surface area (Å²) < 4.78 is 6.03. The van der Waals surface area contributed by atoms with E-state index < -0.39 is 0 Å². The summed E-state index contributed by atoms with van der Waals surface area (Å²) in [7, 11) is 0.